The number of hydrogen-bond acceptors (Lipinski definition) is 4. The van der Waals surface area contributed by atoms with E-state index in [1.165, 1.54) is 0 Å². The van der Waals surface area contributed by atoms with Crippen LogP contribution in [0.2, 0.25) is 0 Å². The topological polar surface area (TPSA) is 55.8 Å². The summed E-state index contributed by atoms with van der Waals surface area (Å²) in [4.78, 5) is 16.4. The molecule has 1 saturated carbocycles. The minimum atomic E-state index is -0.704. The first kappa shape index (κ1) is 18.4. The van der Waals surface area contributed by atoms with Crippen molar-refractivity contribution < 1.29 is 9.90 Å². The zero-order valence-corrected chi connectivity index (χ0v) is 14.2. The van der Waals surface area contributed by atoms with Gasteiger partial charge in [-0.05, 0) is 59.3 Å². The third kappa shape index (κ3) is 5.24. The lowest BCUT2D eigenvalue weighted by molar-refractivity contribution is -0.144. The molecule has 1 fully saturated rings. The number of likely N-dealkylation sites (N-methyl/N-ethyl adjacent to an activating group) is 1. The Bertz CT molecular complexity index is 323. The number of carboxylic acids is 1. The standard InChI is InChI=1S/C16H33N3O2/c1-5-9-17-16(15(20)21)8-7-14(13-16)19(10-6-2)12-11-18(3)4/h14,17H,5-13H2,1-4H3,(H,20,21). The van der Waals surface area contributed by atoms with Crippen molar-refractivity contribution in [2.24, 2.45) is 0 Å². The summed E-state index contributed by atoms with van der Waals surface area (Å²) in [6.07, 6.45) is 4.55. The van der Waals surface area contributed by atoms with E-state index in [9.17, 15) is 9.90 Å². The van der Waals surface area contributed by atoms with Gasteiger partial charge in [-0.1, -0.05) is 13.8 Å². The Labute approximate surface area is 129 Å². The monoisotopic (exact) mass is 299 g/mol. The fourth-order valence-corrected chi connectivity index (χ4v) is 3.22. The molecule has 1 aliphatic rings. The van der Waals surface area contributed by atoms with Gasteiger partial charge in [0, 0.05) is 19.1 Å². The highest BCUT2D eigenvalue weighted by Gasteiger charge is 2.46. The molecule has 21 heavy (non-hydrogen) atoms. The minimum absolute atomic E-state index is 0.394. The van der Waals surface area contributed by atoms with Gasteiger partial charge in [0.2, 0.25) is 0 Å². The average molecular weight is 299 g/mol. The maximum absolute atomic E-state index is 11.7. The molecule has 0 aliphatic heterocycles. The summed E-state index contributed by atoms with van der Waals surface area (Å²) >= 11 is 0. The van der Waals surface area contributed by atoms with Gasteiger partial charge in [-0.25, -0.2) is 0 Å². The number of carboxylic acid groups (broad SMARTS) is 1. The summed E-state index contributed by atoms with van der Waals surface area (Å²) in [5.74, 6) is -0.678. The zero-order chi connectivity index (χ0) is 15.9. The number of rotatable bonds is 10. The first-order chi connectivity index (χ1) is 9.95. The summed E-state index contributed by atoms with van der Waals surface area (Å²) in [5, 5.41) is 12.9. The van der Waals surface area contributed by atoms with E-state index < -0.39 is 11.5 Å². The van der Waals surface area contributed by atoms with Crippen LogP contribution in [0.1, 0.15) is 46.0 Å². The van der Waals surface area contributed by atoms with Gasteiger partial charge in [0.05, 0.1) is 0 Å². The summed E-state index contributed by atoms with van der Waals surface area (Å²) in [6, 6.07) is 0.394. The number of hydrogen-bond donors (Lipinski definition) is 2. The lowest BCUT2D eigenvalue weighted by Gasteiger charge is -2.32. The second-order valence-electron chi connectivity index (χ2n) is 6.55. The van der Waals surface area contributed by atoms with Crippen molar-refractivity contribution in [2.75, 3.05) is 40.3 Å². The maximum Gasteiger partial charge on any atom is 0.323 e. The van der Waals surface area contributed by atoms with Gasteiger partial charge in [-0.15, -0.1) is 0 Å². The molecule has 2 unspecified atom stereocenters. The Balaban J connectivity index is 2.67. The SMILES string of the molecule is CCCNC1(C(=O)O)CCC(N(CCC)CCN(C)C)C1. The van der Waals surface area contributed by atoms with Crippen LogP contribution < -0.4 is 5.32 Å². The van der Waals surface area contributed by atoms with Crippen LogP contribution in [-0.4, -0.2) is 72.7 Å². The molecule has 0 amide bonds. The highest BCUT2D eigenvalue weighted by Crippen LogP contribution is 2.33. The van der Waals surface area contributed by atoms with Gasteiger partial charge in [0.15, 0.2) is 0 Å². The lowest BCUT2D eigenvalue weighted by atomic mass is 9.97. The van der Waals surface area contributed by atoms with Crippen molar-refractivity contribution in [1.29, 1.82) is 0 Å². The number of nitrogens with one attached hydrogen (secondary N) is 1. The van der Waals surface area contributed by atoms with Gasteiger partial charge in [0.1, 0.15) is 5.54 Å². The van der Waals surface area contributed by atoms with Crippen molar-refractivity contribution in [3.8, 4) is 0 Å². The zero-order valence-electron chi connectivity index (χ0n) is 14.2. The largest absolute Gasteiger partial charge is 0.480 e. The van der Waals surface area contributed by atoms with Crippen LogP contribution in [0.15, 0.2) is 0 Å². The van der Waals surface area contributed by atoms with Crippen LogP contribution in [0.4, 0.5) is 0 Å². The molecule has 0 spiro atoms. The molecule has 124 valence electrons. The van der Waals surface area contributed by atoms with Crippen molar-refractivity contribution in [1.82, 2.24) is 15.1 Å². The highest BCUT2D eigenvalue weighted by molar-refractivity contribution is 5.79. The molecular weight excluding hydrogens is 266 g/mol. The smallest absolute Gasteiger partial charge is 0.323 e. The molecule has 0 aromatic heterocycles. The highest BCUT2D eigenvalue weighted by atomic mass is 16.4. The summed E-state index contributed by atoms with van der Waals surface area (Å²) in [5.41, 5.74) is -0.704. The van der Waals surface area contributed by atoms with Crippen LogP contribution in [0.25, 0.3) is 0 Å². The van der Waals surface area contributed by atoms with Crippen molar-refractivity contribution in [2.45, 2.75) is 57.5 Å². The predicted molar refractivity (Wildman–Crippen MR) is 86.7 cm³/mol. The Hall–Kier alpha value is -0.650. The average Bonchev–Trinajstić information content (AvgIpc) is 2.86. The molecule has 0 bridgehead atoms. The predicted octanol–water partition coefficient (Wildman–Crippen LogP) is 1.64. The normalized spacial score (nSPS) is 25.9. The molecular formula is C16H33N3O2. The quantitative estimate of drug-likeness (QED) is 0.642. The van der Waals surface area contributed by atoms with Gasteiger partial charge < -0.3 is 15.3 Å². The Morgan fingerprint density at radius 2 is 1.95 bits per heavy atom. The second-order valence-corrected chi connectivity index (χ2v) is 6.55. The van der Waals surface area contributed by atoms with E-state index in [4.69, 9.17) is 0 Å². The van der Waals surface area contributed by atoms with Crippen LogP contribution in [0.3, 0.4) is 0 Å². The van der Waals surface area contributed by atoms with Gasteiger partial charge in [-0.3, -0.25) is 9.69 Å². The fraction of sp³-hybridized carbons (Fsp3) is 0.938. The molecule has 5 nitrogen and oxygen atoms in total. The van der Waals surface area contributed by atoms with E-state index in [0.717, 1.165) is 58.3 Å². The molecule has 0 heterocycles. The van der Waals surface area contributed by atoms with Crippen molar-refractivity contribution >= 4 is 5.97 Å². The Morgan fingerprint density at radius 1 is 1.24 bits per heavy atom. The molecule has 0 saturated heterocycles. The number of nitrogens with zero attached hydrogens (tertiary/aromatic N) is 2. The molecule has 2 N–H and O–H groups in total. The van der Waals surface area contributed by atoms with E-state index in [1.807, 2.05) is 0 Å². The van der Waals surface area contributed by atoms with Crippen LogP contribution >= 0.6 is 0 Å². The molecule has 0 aromatic rings. The first-order valence-electron chi connectivity index (χ1n) is 8.32. The number of aliphatic carboxylic acids is 1. The summed E-state index contributed by atoms with van der Waals surface area (Å²) < 4.78 is 0. The maximum atomic E-state index is 11.7. The van der Waals surface area contributed by atoms with E-state index in [1.54, 1.807) is 0 Å². The van der Waals surface area contributed by atoms with Crippen LogP contribution in [0, 0.1) is 0 Å². The van der Waals surface area contributed by atoms with Crippen molar-refractivity contribution in [3.63, 3.8) is 0 Å². The fourth-order valence-electron chi connectivity index (χ4n) is 3.22. The van der Waals surface area contributed by atoms with Gasteiger partial charge in [0.25, 0.3) is 0 Å². The summed E-state index contributed by atoms with van der Waals surface area (Å²) in [7, 11) is 4.17. The van der Waals surface area contributed by atoms with Crippen LogP contribution in [-0.2, 0) is 4.79 Å². The van der Waals surface area contributed by atoms with E-state index in [0.29, 0.717) is 6.04 Å². The first-order valence-corrected chi connectivity index (χ1v) is 8.32. The molecule has 0 radical (unpaired) electrons. The lowest BCUT2D eigenvalue weighted by Crippen LogP contribution is -2.52. The molecule has 1 rings (SSSR count). The molecule has 5 heteroatoms. The van der Waals surface area contributed by atoms with Gasteiger partial charge in [-0.2, -0.15) is 0 Å². The minimum Gasteiger partial charge on any atom is -0.480 e. The third-order valence-corrected chi connectivity index (χ3v) is 4.47. The second kappa shape index (κ2) is 8.71. The molecule has 2 atom stereocenters. The Morgan fingerprint density at radius 3 is 2.48 bits per heavy atom. The van der Waals surface area contributed by atoms with E-state index >= 15 is 0 Å². The Kier molecular flexibility index (Phi) is 7.63. The molecule has 0 aromatic carbocycles. The summed E-state index contributed by atoms with van der Waals surface area (Å²) in [6.45, 7) is 8.16. The van der Waals surface area contributed by atoms with Gasteiger partial charge >= 0.3 is 5.97 Å². The number of carbonyl (C=O) groups is 1. The van der Waals surface area contributed by atoms with E-state index in [2.05, 4.69) is 43.1 Å². The van der Waals surface area contributed by atoms with Crippen molar-refractivity contribution in [3.05, 3.63) is 0 Å². The van der Waals surface area contributed by atoms with E-state index in [-0.39, 0.29) is 0 Å². The molecule has 1 aliphatic carbocycles. The third-order valence-electron chi connectivity index (χ3n) is 4.47. The van der Waals surface area contributed by atoms with Crippen LogP contribution in [0.5, 0.6) is 0 Å².